The Morgan fingerprint density at radius 2 is 1.90 bits per heavy atom. The Bertz CT molecular complexity index is 569. The molecule has 0 aliphatic carbocycles. The largest absolute Gasteiger partial charge is 0.485 e. The second-order valence-corrected chi connectivity index (χ2v) is 6.02. The van der Waals surface area contributed by atoms with Gasteiger partial charge in [-0.05, 0) is 24.3 Å². The van der Waals surface area contributed by atoms with Crippen LogP contribution in [0.15, 0.2) is 30.3 Å². The fraction of sp³-hybridized carbons (Fsp3) is 0.333. The lowest BCUT2D eigenvalue weighted by Gasteiger charge is -2.06. The van der Waals surface area contributed by atoms with Crippen LogP contribution in [0.2, 0.25) is 0 Å². The van der Waals surface area contributed by atoms with E-state index in [0.717, 1.165) is 29.6 Å². The second kappa shape index (κ2) is 6.81. The van der Waals surface area contributed by atoms with Crippen molar-refractivity contribution in [1.29, 1.82) is 0 Å². The number of hydrogen-bond donors (Lipinski definition) is 1. The van der Waals surface area contributed by atoms with Gasteiger partial charge in [0.05, 0.1) is 0 Å². The van der Waals surface area contributed by atoms with Gasteiger partial charge in [0.25, 0.3) is 0 Å². The van der Waals surface area contributed by atoms with Gasteiger partial charge < -0.3 is 10.1 Å². The number of nitrogens with one attached hydrogen (secondary N) is 1. The summed E-state index contributed by atoms with van der Waals surface area (Å²) in [6.07, 6.45) is 0. The highest BCUT2D eigenvalue weighted by molar-refractivity contribution is 7.11. The zero-order valence-electron chi connectivity index (χ0n) is 11.5. The van der Waals surface area contributed by atoms with Gasteiger partial charge in [0.1, 0.15) is 12.4 Å². The summed E-state index contributed by atoms with van der Waals surface area (Å²) in [4.78, 5) is 2.17. The molecule has 0 unspecified atom stereocenters. The Kier molecular flexibility index (Phi) is 5.09. The summed E-state index contributed by atoms with van der Waals surface area (Å²) in [6, 6.07) is 7.59. The first-order chi connectivity index (χ1) is 9.54. The molecule has 2 nitrogen and oxygen atoms in total. The lowest BCUT2D eigenvalue weighted by atomic mass is 10.3. The van der Waals surface area contributed by atoms with Crippen LogP contribution in [0.5, 0.6) is 5.75 Å². The zero-order chi connectivity index (χ0) is 14.5. The van der Waals surface area contributed by atoms with Crippen molar-refractivity contribution in [2.45, 2.75) is 33.0 Å². The molecule has 20 heavy (non-hydrogen) atoms. The summed E-state index contributed by atoms with van der Waals surface area (Å²) >= 11 is 1.60. The van der Waals surface area contributed by atoms with E-state index in [-0.39, 0.29) is 12.4 Å². The van der Waals surface area contributed by atoms with Crippen molar-refractivity contribution < 1.29 is 13.5 Å². The molecular weight excluding hydrogens is 280 g/mol. The van der Waals surface area contributed by atoms with Crippen LogP contribution >= 0.6 is 11.3 Å². The quantitative estimate of drug-likeness (QED) is 0.866. The summed E-state index contributed by atoms with van der Waals surface area (Å²) in [5, 5.41) is 3.33. The third-order valence-electron chi connectivity index (χ3n) is 2.67. The number of thiophene rings is 1. The van der Waals surface area contributed by atoms with Gasteiger partial charge in [0, 0.05) is 28.4 Å². The molecule has 0 spiro atoms. The third kappa shape index (κ3) is 4.28. The van der Waals surface area contributed by atoms with Crippen LogP contribution in [0.25, 0.3) is 0 Å². The van der Waals surface area contributed by atoms with Gasteiger partial charge >= 0.3 is 0 Å². The number of benzene rings is 1. The van der Waals surface area contributed by atoms with Crippen LogP contribution in [0.4, 0.5) is 8.78 Å². The van der Waals surface area contributed by atoms with Gasteiger partial charge in [0.2, 0.25) is 0 Å². The van der Waals surface area contributed by atoms with Crippen molar-refractivity contribution >= 4 is 11.3 Å². The predicted molar refractivity (Wildman–Crippen MR) is 77.0 cm³/mol. The van der Waals surface area contributed by atoms with E-state index in [1.54, 1.807) is 11.3 Å². The van der Waals surface area contributed by atoms with Crippen LogP contribution in [0.1, 0.15) is 23.6 Å². The summed E-state index contributed by atoms with van der Waals surface area (Å²) in [5.74, 6) is -1.11. The average molecular weight is 297 g/mol. The Hall–Kier alpha value is -1.46. The molecule has 0 aliphatic rings. The maximum absolute atomic E-state index is 13.4. The second-order valence-electron chi connectivity index (χ2n) is 4.77. The molecule has 0 fully saturated rings. The molecule has 2 rings (SSSR count). The average Bonchev–Trinajstić information content (AvgIpc) is 2.85. The van der Waals surface area contributed by atoms with Crippen molar-refractivity contribution in [3.63, 3.8) is 0 Å². The molecule has 0 amide bonds. The highest BCUT2D eigenvalue weighted by atomic mass is 32.1. The van der Waals surface area contributed by atoms with E-state index in [4.69, 9.17) is 4.74 Å². The van der Waals surface area contributed by atoms with Crippen molar-refractivity contribution in [1.82, 2.24) is 5.32 Å². The number of hydrogen-bond acceptors (Lipinski definition) is 3. The number of rotatable bonds is 6. The normalized spacial score (nSPS) is 11.1. The zero-order valence-corrected chi connectivity index (χ0v) is 12.3. The lowest BCUT2D eigenvalue weighted by molar-refractivity contribution is 0.291. The molecule has 0 saturated carbocycles. The fourth-order valence-electron chi connectivity index (χ4n) is 1.64. The highest BCUT2D eigenvalue weighted by Gasteiger charge is 2.07. The first-order valence-electron chi connectivity index (χ1n) is 6.43. The van der Waals surface area contributed by atoms with Crippen molar-refractivity contribution in [2.75, 3.05) is 0 Å². The lowest BCUT2D eigenvalue weighted by Crippen LogP contribution is -2.21. The van der Waals surface area contributed by atoms with Gasteiger partial charge in [-0.2, -0.15) is 0 Å². The fourth-order valence-corrected chi connectivity index (χ4v) is 2.52. The molecule has 108 valence electrons. The van der Waals surface area contributed by atoms with Crippen LogP contribution in [-0.2, 0) is 13.2 Å². The SMILES string of the molecule is CC(C)NCc1ccc(COc2cc(F)ccc2F)s1. The minimum atomic E-state index is -0.551. The van der Waals surface area contributed by atoms with E-state index in [1.165, 1.54) is 4.88 Å². The molecule has 1 aromatic carbocycles. The Morgan fingerprint density at radius 3 is 2.65 bits per heavy atom. The Balaban J connectivity index is 1.92. The smallest absolute Gasteiger partial charge is 0.165 e. The van der Waals surface area contributed by atoms with E-state index >= 15 is 0 Å². The van der Waals surface area contributed by atoms with Crippen LogP contribution in [-0.4, -0.2) is 6.04 Å². The van der Waals surface area contributed by atoms with Crippen molar-refractivity contribution in [2.24, 2.45) is 0 Å². The minimum absolute atomic E-state index is 0.0553. The van der Waals surface area contributed by atoms with Gasteiger partial charge in [-0.25, -0.2) is 8.78 Å². The standard InChI is InChI=1S/C15H17F2NOS/c1-10(2)18-8-12-4-5-13(20-12)9-19-15-7-11(16)3-6-14(15)17/h3-7,10,18H,8-9H2,1-2H3. The summed E-state index contributed by atoms with van der Waals surface area (Å²) < 4.78 is 31.7. The van der Waals surface area contributed by atoms with E-state index in [2.05, 4.69) is 19.2 Å². The minimum Gasteiger partial charge on any atom is -0.485 e. The van der Waals surface area contributed by atoms with E-state index in [0.29, 0.717) is 6.04 Å². The Labute approximate surface area is 121 Å². The van der Waals surface area contributed by atoms with Crippen molar-refractivity contribution in [3.8, 4) is 5.75 Å². The molecule has 2 aromatic rings. The molecule has 1 aromatic heterocycles. The molecular formula is C15H17F2NOS. The molecule has 0 saturated heterocycles. The first-order valence-corrected chi connectivity index (χ1v) is 7.25. The molecule has 0 radical (unpaired) electrons. The molecule has 5 heteroatoms. The maximum Gasteiger partial charge on any atom is 0.165 e. The molecule has 1 heterocycles. The van der Waals surface area contributed by atoms with Crippen LogP contribution in [0, 0.1) is 11.6 Å². The molecule has 0 aliphatic heterocycles. The van der Waals surface area contributed by atoms with Gasteiger partial charge in [-0.15, -0.1) is 11.3 Å². The monoisotopic (exact) mass is 297 g/mol. The van der Waals surface area contributed by atoms with Crippen LogP contribution < -0.4 is 10.1 Å². The van der Waals surface area contributed by atoms with Gasteiger partial charge in [0.15, 0.2) is 11.6 Å². The van der Waals surface area contributed by atoms with Crippen molar-refractivity contribution in [3.05, 3.63) is 51.7 Å². The first kappa shape index (κ1) is 14.9. The Morgan fingerprint density at radius 1 is 1.15 bits per heavy atom. The topological polar surface area (TPSA) is 21.3 Å². The summed E-state index contributed by atoms with van der Waals surface area (Å²) in [5.41, 5.74) is 0. The summed E-state index contributed by atoms with van der Waals surface area (Å²) in [7, 11) is 0. The molecule has 0 atom stereocenters. The van der Waals surface area contributed by atoms with E-state index in [9.17, 15) is 8.78 Å². The third-order valence-corrected chi connectivity index (χ3v) is 3.72. The highest BCUT2D eigenvalue weighted by Crippen LogP contribution is 2.22. The van der Waals surface area contributed by atoms with Gasteiger partial charge in [-0.3, -0.25) is 0 Å². The maximum atomic E-state index is 13.4. The molecule has 0 bridgehead atoms. The summed E-state index contributed by atoms with van der Waals surface area (Å²) in [6.45, 7) is 5.22. The number of ether oxygens (including phenoxy) is 1. The number of halogens is 2. The van der Waals surface area contributed by atoms with E-state index < -0.39 is 11.6 Å². The molecule has 1 N–H and O–H groups in total. The van der Waals surface area contributed by atoms with Gasteiger partial charge in [-0.1, -0.05) is 13.8 Å². The van der Waals surface area contributed by atoms with Crippen LogP contribution in [0.3, 0.4) is 0 Å². The van der Waals surface area contributed by atoms with E-state index in [1.807, 2.05) is 12.1 Å². The predicted octanol–water partition coefficient (Wildman–Crippen LogP) is 4.10.